The lowest BCUT2D eigenvalue weighted by molar-refractivity contribution is 0.252. The van der Waals surface area contributed by atoms with Gasteiger partial charge in [-0.3, -0.25) is 4.68 Å². The zero-order valence-electron chi connectivity index (χ0n) is 15.1. The summed E-state index contributed by atoms with van der Waals surface area (Å²) in [6.45, 7) is 2.05. The highest BCUT2D eigenvalue weighted by molar-refractivity contribution is 5.62. The van der Waals surface area contributed by atoms with Crippen LogP contribution in [0.2, 0.25) is 0 Å². The van der Waals surface area contributed by atoms with E-state index in [1.165, 1.54) is 5.56 Å². The first-order chi connectivity index (χ1) is 13.3. The Bertz CT molecular complexity index is 942. The Morgan fingerprint density at radius 1 is 1.15 bits per heavy atom. The summed E-state index contributed by atoms with van der Waals surface area (Å²) in [5, 5.41) is 17.3. The number of nitrogens with zero attached hydrogens (tertiary/aromatic N) is 3. The van der Waals surface area contributed by atoms with E-state index in [2.05, 4.69) is 41.8 Å². The van der Waals surface area contributed by atoms with Crippen molar-refractivity contribution in [3.63, 3.8) is 0 Å². The minimum absolute atomic E-state index is 0.265. The van der Waals surface area contributed by atoms with E-state index in [1.807, 2.05) is 35.0 Å². The molecule has 1 atom stereocenters. The highest BCUT2D eigenvalue weighted by Gasteiger charge is 2.21. The van der Waals surface area contributed by atoms with Crippen molar-refractivity contribution in [2.24, 2.45) is 0 Å². The molecule has 1 unspecified atom stereocenters. The van der Waals surface area contributed by atoms with Gasteiger partial charge in [0.15, 0.2) is 0 Å². The van der Waals surface area contributed by atoms with Crippen LogP contribution >= 0.6 is 0 Å². The average molecular weight is 358 g/mol. The molecular weight excluding hydrogens is 336 g/mol. The summed E-state index contributed by atoms with van der Waals surface area (Å²) in [4.78, 5) is 0. The monoisotopic (exact) mass is 358 g/mol. The van der Waals surface area contributed by atoms with E-state index in [1.54, 1.807) is 0 Å². The second-order valence-corrected chi connectivity index (χ2v) is 6.65. The average Bonchev–Trinajstić information content (AvgIpc) is 3.14. The number of hydrogen-bond donors (Lipinski definition) is 1. The minimum atomic E-state index is 0.265. The molecule has 1 aliphatic rings. The van der Waals surface area contributed by atoms with Crippen molar-refractivity contribution in [3.05, 3.63) is 71.9 Å². The summed E-state index contributed by atoms with van der Waals surface area (Å²) >= 11 is 0. The van der Waals surface area contributed by atoms with Gasteiger partial charge in [0.05, 0.1) is 31.3 Å². The molecule has 5 heteroatoms. The molecule has 0 saturated carbocycles. The van der Waals surface area contributed by atoms with Gasteiger partial charge in [-0.2, -0.15) is 10.4 Å². The number of para-hydroxylation sites is 1. The van der Waals surface area contributed by atoms with E-state index in [-0.39, 0.29) is 6.04 Å². The number of fused-ring (bicyclic) bond motifs is 1. The van der Waals surface area contributed by atoms with Crippen molar-refractivity contribution in [1.82, 2.24) is 15.1 Å². The lowest BCUT2D eigenvalue weighted by atomic mass is 10.00. The Balaban J connectivity index is 1.57. The second-order valence-electron chi connectivity index (χ2n) is 6.65. The van der Waals surface area contributed by atoms with Crippen molar-refractivity contribution in [2.75, 3.05) is 6.61 Å². The zero-order valence-corrected chi connectivity index (χ0v) is 15.1. The fraction of sp³-hybridized carbons (Fsp3) is 0.273. The number of aromatic nitrogens is 2. The number of nitrogens with one attached hydrogen (secondary N) is 1. The molecule has 3 aromatic rings. The first-order valence-electron chi connectivity index (χ1n) is 9.29. The van der Waals surface area contributed by atoms with Crippen LogP contribution in [0.4, 0.5) is 0 Å². The first-order valence-corrected chi connectivity index (χ1v) is 9.29. The highest BCUT2D eigenvalue weighted by Crippen LogP contribution is 2.32. The molecule has 27 heavy (non-hydrogen) atoms. The van der Waals surface area contributed by atoms with Crippen LogP contribution in [0, 0.1) is 11.3 Å². The third-order valence-electron chi connectivity index (χ3n) is 4.83. The smallest absolute Gasteiger partial charge is 0.124 e. The summed E-state index contributed by atoms with van der Waals surface area (Å²) in [6.07, 6.45) is 3.45. The molecule has 4 rings (SSSR count). The Labute approximate surface area is 159 Å². The number of rotatable bonds is 6. The predicted octanol–water partition coefficient (Wildman–Crippen LogP) is 4.08. The van der Waals surface area contributed by atoms with E-state index < -0.39 is 0 Å². The molecule has 0 bridgehead atoms. The maximum absolute atomic E-state index is 8.87. The van der Waals surface area contributed by atoms with Gasteiger partial charge in [-0.15, -0.1) is 0 Å². The number of benzene rings is 2. The fourth-order valence-electron chi connectivity index (χ4n) is 3.50. The van der Waals surface area contributed by atoms with Gasteiger partial charge in [0, 0.05) is 41.9 Å². The Hall–Kier alpha value is -3.10. The summed E-state index contributed by atoms with van der Waals surface area (Å²) in [5.74, 6) is 0.967. The first kappa shape index (κ1) is 17.3. The van der Waals surface area contributed by atoms with Gasteiger partial charge in [0.1, 0.15) is 5.75 Å². The van der Waals surface area contributed by atoms with Gasteiger partial charge in [-0.25, -0.2) is 0 Å². The number of hydrogen-bond acceptors (Lipinski definition) is 4. The van der Waals surface area contributed by atoms with Crippen molar-refractivity contribution >= 4 is 0 Å². The molecule has 0 saturated heterocycles. The molecule has 1 N–H and O–H groups in total. The van der Waals surface area contributed by atoms with Gasteiger partial charge in [-0.05, 0) is 6.07 Å². The normalized spacial score (nSPS) is 15.6. The molecule has 0 radical (unpaired) electrons. The standard InChI is InChI=1S/C22H22N4O/c23-12-6-13-26-16-18(22(25-26)17-7-2-1-3-8-17)15-24-20-11-14-27-21-10-5-4-9-19(20)21/h1-5,7-10,16,20,24H,6,11,13-15H2. The Morgan fingerprint density at radius 3 is 2.81 bits per heavy atom. The Kier molecular flexibility index (Phi) is 5.17. The van der Waals surface area contributed by atoms with Crippen LogP contribution in [0.5, 0.6) is 5.75 Å². The van der Waals surface area contributed by atoms with Crippen LogP contribution in [-0.2, 0) is 13.1 Å². The fourth-order valence-corrected chi connectivity index (χ4v) is 3.50. The quantitative estimate of drug-likeness (QED) is 0.721. The van der Waals surface area contributed by atoms with E-state index in [4.69, 9.17) is 15.1 Å². The molecule has 136 valence electrons. The Morgan fingerprint density at radius 2 is 1.96 bits per heavy atom. The molecule has 1 aliphatic heterocycles. The molecule has 2 heterocycles. The van der Waals surface area contributed by atoms with Crippen molar-refractivity contribution in [3.8, 4) is 23.1 Å². The summed E-state index contributed by atoms with van der Waals surface area (Å²) < 4.78 is 7.64. The molecular formula is C22H22N4O. The maximum Gasteiger partial charge on any atom is 0.124 e. The third kappa shape index (κ3) is 3.86. The third-order valence-corrected chi connectivity index (χ3v) is 4.83. The predicted molar refractivity (Wildman–Crippen MR) is 104 cm³/mol. The lowest BCUT2D eigenvalue weighted by Crippen LogP contribution is -2.26. The van der Waals surface area contributed by atoms with Crippen molar-refractivity contribution in [1.29, 1.82) is 5.26 Å². The van der Waals surface area contributed by atoms with Crippen LogP contribution in [0.1, 0.15) is 30.0 Å². The van der Waals surface area contributed by atoms with E-state index in [0.717, 1.165) is 42.1 Å². The largest absolute Gasteiger partial charge is 0.493 e. The molecule has 1 aromatic heterocycles. The van der Waals surface area contributed by atoms with Crippen LogP contribution in [0.15, 0.2) is 60.8 Å². The van der Waals surface area contributed by atoms with Gasteiger partial charge in [0.2, 0.25) is 0 Å². The van der Waals surface area contributed by atoms with Crippen LogP contribution in [-0.4, -0.2) is 16.4 Å². The van der Waals surface area contributed by atoms with E-state index >= 15 is 0 Å². The van der Waals surface area contributed by atoms with Crippen molar-refractivity contribution < 1.29 is 4.74 Å². The van der Waals surface area contributed by atoms with Crippen LogP contribution in [0.3, 0.4) is 0 Å². The molecule has 0 spiro atoms. The minimum Gasteiger partial charge on any atom is -0.493 e. The molecule has 2 aromatic carbocycles. The van der Waals surface area contributed by atoms with Gasteiger partial charge >= 0.3 is 0 Å². The van der Waals surface area contributed by atoms with Crippen molar-refractivity contribution in [2.45, 2.75) is 32.0 Å². The van der Waals surface area contributed by atoms with Crippen LogP contribution in [0.25, 0.3) is 11.3 Å². The van der Waals surface area contributed by atoms with Crippen LogP contribution < -0.4 is 10.1 Å². The maximum atomic E-state index is 8.87. The number of nitriles is 1. The molecule has 0 aliphatic carbocycles. The summed E-state index contributed by atoms with van der Waals surface area (Å²) in [6, 6.07) is 20.9. The molecule has 5 nitrogen and oxygen atoms in total. The zero-order chi connectivity index (χ0) is 18.5. The second kappa shape index (κ2) is 8.07. The van der Waals surface area contributed by atoms with E-state index in [0.29, 0.717) is 13.0 Å². The van der Waals surface area contributed by atoms with E-state index in [9.17, 15) is 0 Å². The molecule has 0 fully saturated rings. The highest BCUT2D eigenvalue weighted by atomic mass is 16.5. The summed E-state index contributed by atoms with van der Waals surface area (Å²) in [7, 11) is 0. The number of aryl methyl sites for hydroxylation is 1. The van der Waals surface area contributed by atoms with Gasteiger partial charge in [-0.1, -0.05) is 48.5 Å². The SMILES string of the molecule is N#CCCn1cc(CNC2CCOc3ccccc32)c(-c2ccccc2)n1. The van der Waals surface area contributed by atoms with Gasteiger partial charge in [0.25, 0.3) is 0 Å². The topological polar surface area (TPSA) is 62.9 Å². The number of ether oxygens (including phenoxy) is 1. The lowest BCUT2D eigenvalue weighted by Gasteiger charge is -2.26. The molecule has 0 amide bonds. The van der Waals surface area contributed by atoms with Gasteiger partial charge < -0.3 is 10.1 Å². The summed E-state index contributed by atoms with van der Waals surface area (Å²) in [5.41, 5.74) is 4.42.